The quantitative estimate of drug-likeness (QED) is 0.826. The second-order valence-electron chi connectivity index (χ2n) is 5.56. The van der Waals surface area contributed by atoms with Gasteiger partial charge in [0.1, 0.15) is 5.82 Å². The van der Waals surface area contributed by atoms with Crippen molar-refractivity contribution in [1.82, 2.24) is 5.32 Å². The highest BCUT2D eigenvalue weighted by atomic mass is 19.1. The molecule has 3 atom stereocenters. The van der Waals surface area contributed by atoms with Crippen LogP contribution in [0, 0.1) is 11.2 Å². The maximum absolute atomic E-state index is 13.4. The fourth-order valence-corrected chi connectivity index (χ4v) is 3.70. The van der Waals surface area contributed by atoms with Crippen molar-refractivity contribution < 1.29 is 9.13 Å². The summed E-state index contributed by atoms with van der Waals surface area (Å²) in [5.74, 6) is 0.222. The summed E-state index contributed by atoms with van der Waals surface area (Å²) in [6, 6.07) is 7.06. The van der Waals surface area contributed by atoms with Crippen LogP contribution in [0.3, 0.4) is 0 Å². The van der Waals surface area contributed by atoms with Gasteiger partial charge in [0.15, 0.2) is 0 Å². The second-order valence-corrected chi connectivity index (χ2v) is 5.56. The minimum absolute atomic E-state index is 0.139. The van der Waals surface area contributed by atoms with Crippen LogP contribution in [0.5, 0.6) is 0 Å². The molecule has 3 unspecified atom stereocenters. The molecule has 0 bridgehead atoms. The number of hydrogen-bond acceptors (Lipinski definition) is 2. The number of rotatable bonds is 1. The van der Waals surface area contributed by atoms with Crippen LogP contribution < -0.4 is 5.32 Å². The Labute approximate surface area is 108 Å². The number of benzene rings is 1. The highest BCUT2D eigenvalue weighted by Gasteiger charge is 2.49. The molecule has 0 radical (unpaired) electrons. The van der Waals surface area contributed by atoms with E-state index >= 15 is 0 Å². The molecule has 98 valence electrons. The van der Waals surface area contributed by atoms with Crippen molar-refractivity contribution in [2.45, 2.75) is 31.8 Å². The van der Waals surface area contributed by atoms with Crippen LogP contribution in [-0.4, -0.2) is 25.8 Å². The van der Waals surface area contributed by atoms with E-state index < -0.39 is 0 Å². The summed E-state index contributed by atoms with van der Waals surface area (Å²) < 4.78 is 19.2. The van der Waals surface area contributed by atoms with Gasteiger partial charge < -0.3 is 10.1 Å². The van der Waals surface area contributed by atoms with Crippen LogP contribution in [0.1, 0.15) is 31.2 Å². The minimum atomic E-state index is -0.139. The van der Waals surface area contributed by atoms with Crippen molar-refractivity contribution in [3.63, 3.8) is 0 Å². The van der Waals surface area contributed by atoms with Gasteiger partial charge in [-0.2, -0.15) is 0 Å². The Morgan fingerprint density at radius 1 is 1.39 bits per heavy atom. The van der Waals surface area contributed by atoms with Gasteiger partial charge in [0.05, 0.1) is 6.10 Å². The van der Waals surface area contributed by atoms with Crippen LogP contribution in [0.4, 0.5) is 4.39 Å². The molecule has 1 N–H and O–H groups in total. The van der Waals surface area contributed by atoms with Crippen LogP contribution in [0.2, 0.25) is 0 Å². The summed E-state index contributed by atoms with van der Waals surface area (Å²) in [6.07, 6.45) is 2.49. The maximum Gasteiger partial charge on any atom is 0.123 e. The average molecular weight is 249 g/mol. The number of hydrogen-bond donors (Lipinski definition) is 1. The van der Waals surface area contributed by atoms with Gasteiger partial charge in [-0.15, -0.1) is 0 Å². The van der Waals surface area contributed by atoms with Crippen molar-refractivity contribution in [1.29, 1.82) is 0 Å². The molecule has 0 aromatic heterocycles. The summed E-state index contributed by atoms with van der Waals surface area (Å²) in [5.41, 5.74) is 1.30. The molecule has 2 saturated heterocycles. The lowest BCUT2D eigenvalue weighted by atomic mass is 9.64. The Balaban J connectivity index is 1.97. The third-order valence-corrected chi connectivity index (χ3v) is 4.81. The largest absolute Gasteiger partial charge is 0.378 e. The fourth-order valence-electron chi connectivity index (χ4n) is 3.70. The van der Waals surface area contributed by atoms with Crippen molar-refractivity contribution in [3.8, 4) is 0 Å². The first-order valence-electron chi connectivity index (χ1n) is 6.80. The maximum atomic E-state index is 13.4. The highest BCUT2D eigenvalue weighted by Crippen LogP contribution is 2.50. The van der Waals surface area contributed by atoms with Gasteiger partial charge in [0.25, 0.3) is 0 Å². The molecule has 1 aromatic carbocycles. The third-order valence-electron chi connectivity index (χ3n) is 4.81. The van der Waals surface area contributed by atoms with E-state index in [9.17, 15) is 4.39 Å². The number of nitrogens with one attached hydrogen (secondary N) is 1. The van der Waals surface area contributed by atoms with E-state index in [1.54, 1.807) is 6.07 Å². The molecule has 0 saturated carbocycles. The van der Waals surface area contributed by atoms with E-state index in [0.29, 0.717) is 5.92 Å². The van der Waals surface area contributed by atoms with Crippen molar-refractivity contribution in [2.24, 2.45) is 5.41 Å². The standard InChI is InChI=1S/C15H20FNO/c1-11-15(6-8-18-11)5-7-17-10-14(15)12-3-2-4-13(16)9-12/h2-4,9,11,14,17H,5-8,10H2,1H3. The molecule has 2 heterocycles. The molecule has 2 fully saturated rings. The molecule has 2 nitrogen and oxygen atoms in total. The Hall–Kier alpha value is -0.930. The van der Waals surface area contributed by atoms with Gasteiger partial charge in [-0.25, -0.2) is 4.39 Å². The van der Waals surface area contributed by atoms with Gasteiger partial charge in [0.2, 0.25) is 0 Å². The molecule has 3 rings (SSSR count). The molecule has 0 amide bonds. The molecule has 1 aromatic rings. The molecule has 2 aliphatic rings. The van der Waals surface area contributed by atoms with Crippen molar-refractivity contribution >= 4 is 0 Å². The molecule has 3 heteroatoms. The molecular weight excluding hydrogens is 229 g/mol. The summed E-state index contributed by atoms with van der Waals surface area (Å²) >= 11 is 0. The zero-order valence-electron chi connectivity index (χ0n) is 10.8. The summed E-state index contributed by atoms with van der Waals surface area (Å²) in [4.78, 5) is 0. The van der Waals surface area contributed by atoms with E-state index in [-0.39, 0.29) is 17.3 Å². The first-order chi connectivity index (χ1) is 8.72. The van der Waals surface area contributed by atoms with Crippen LogP contribution >= 0.6 is 0 Å². The van der Waals surface area contributed by atoms with Gasteiger partial charge in [-0.3, -0.25) is 0 Å². The van der Waals surface area contributed by atoms with Gasteiger partial charge in [0, 0.05) is 24.5 Å². The molecule has 0 aliphatic carbocycles. The van der Waals surface area contributed by atoms with Crippen LogP contribution in [-0.2, 0) is 4.74 Å². The normalized spacial score (nSPS) is 36.1. The fraction of sp³-hybridized carbons (Fsp3) is 0.600. The SMILES string of the molecule is CC1OCCC12CCNCC2c1cccc(F)c1. The van der Waals surface area contributed by atoms with Crippen LogP contribution in [0.15, 0.2) is 24.3 Å². The number of ether oxygens (including phenoxy) is 1. The molecular formula is C15H20FNO. The number of halogens is 1. The Bertz CT molecular complexity index is 436. The van der Waals surface area contributed by atoms with Gasteiger partial charge >= 0.3 is 0 Å². The predicted octanol–water partition coefficient (Wildman–Crippen LogP) is 2.70. The van der Waals surface area contributed by atoms with E-state index in [4.69, 9.17) is 4.74 Å². The number of piperidine rings is 1. The second kappa shape index (κ2) is 4.63. The van der Waals surface area contributed by atoms with Crippen molar-refractivity contribution in [2.75, 3.05) is 19.7 Å². The van der Waals surface area contributed by atoms with E-state index in [0.717, 1.165) is 38.1 Å². The van der Waals surface area contributed by atoms with Crippen LogP contribution in [0.25, 0.3) is 0 Å². The topological polar surface area (TPSA) is 21.3 Å². The monoisotopic (exact) mass is 249 g/mol. The molecule has 1 spiro atoms. The lowest BCUT2D eigenvalue weighted by molar-refractivity contribution is 0.0325. The molecule has 18 heavy (non-hydrogen) atoms. The van der Waals surface area contributed by atoms with Crippen molar-refractivity contribution in [3.05, 3.63) is 35.6 Å². The molecule has 2 aliphatic heterocycles. The lowest BCUT2D eigenvalue weighted by Gasteiger charge is -2.44. The Kier molecular flexibility index (Phi) is 3.12. The summed E-state index contributed by atoms with van der Waals surface area (Å²) in [7, 11) is 0. The Morgan fingerprint density at radius 3 is 3.00 bits per heavy atom. The van der Waals surface area contributed by atoms with E-state index in [1.165, 1.54) is 6.07 Å². The zero-order chi connectivity index (χ0) is 12.6. The minimum Gasteiger partial charge on any atom is -0.378 e. The predicted molar refractivity (Wildman–Crippen MR) is 69.1 cm³/mol. The van der Waals surface area contributed by atoms with E-state index in [1.807, 2.05) is 12.1 Å². The highest BCUT2D eigenvalue weighted by molar-refractivity contribution is 5.26. The smallest absolute Gasteiger partial charge is 0.123 e. The lowest BCUT2D eigenvalue weighted by Crippen LogP contribution is -2.47. The van der Waals surface area contributed by atoms with E-state index in [2.05, 4.69) is 12.2 Å². The third kappa shape index (κ3) is 1.86. The van der Waals surface area contributed by atoms with Gasteiger partial charge in [-0.05, 0) is 44.0 Å². The summed E-state index contributed by atoms with van der Waals surface area (Å²) in [6.45, 7) is 4.98. The van der Waals surface area contributed by atoms with Gasteiger partial charge in [-0.1, -0.05) is 12.1 Å². The first kappa shape index (κ1) is 12.1. The summed E-state index contributed by atoms with van der Waals surface area (Å²) in [5, 5.41) is 3.45. The Morgan fingerprint density at radius 2 is 2.28 bits per heavy atom. The average Bonchev–Trinajstić information content (AvgIpc) is 2.72. The first-order valence-corrected chi connectivity index (χ1v) is 6.80. The zero-order valence-corrected chi connectivity index (χ0v) is 10.8.